The molecule has 5 heteroatoms. The molecule has 20 heavy (non-hydrogen) atoms. The van der Waals surface area contributed by atoms with Crippen LogP contribution in [0.2, 0.25) is 0 Å². The first-order valence-corrected chi connectivity index (χ1v) is 6.97. The summed E-state index contributed by atoms with van der Waals surface area (Å²) in [6, 6.07) is 8.56. The van der Waals surface area contributed by atoms with E-state index in [0.29, 0.717) is 19.3 Å². The Balaban J connectivity index is 1.73. The van der Waals surface area contributed by atoms with Gasteiger partial charge in [-0.2, -0.15) is 0 Å². The van der Waals surface area contributed by atoms with Crippen molar-refractivity contribution in [3.05, 3.63) is 29.8 Å². The highest BCUT2D eigenvalue weighted by molar-refractivity contribution is 5.91. The maximum atomic E-state index is 11.7. The minimum absolute atomic E-state index is 0.0495. The van der Waals surface area contributed by atoms with Crippen LogP contribution in [0.4, 0.5) is 5.69 Å². The molecule has 0 bridgehead atoms. The molecule has 0 saturated heterocycles. The predicted molar refractivity (Wildman–Crippen MR) is 77.6 cm³/mol. The Morgan fingerprint density at radius 1 is 1.35 bits per heavy atom. The van der Waals surface area contributed by atoms with Crippen molar-refractivity contribution in [2.75, 3.05) is 32.2 Å². The number of nitrogens with one attached hydrogen (secondary N) is 2. The molecule has 5 nitrogen and oxygen atoms in total. The van der Waals surface area contributed by atoms with Gasteiger partial charge in [0, 0.05) is 25.4 Å². The van der Waals surface area contributed by atoms with Crippen molar-refractivity contribution in [3.63, 3.8) is 0 Å². The summed E-state index contributed by atoms with van der Waals surface area (Å²) >= 11 is 0. The van der Waals surface area contributed by atoms with E-state index < -0.39 is 0 Å². The average Bonchev–Trinajstić information content (AvgIpc) is 3.26. The van der Waals surface area contributed by atoms with Gasteiger partial charge in [-0.3, -0.25) is 4.79 Å². The van der Waals surface area contributed by atoms with Gasteiger partial charge in [-0.1, -0.05) is 12.1 Å². The zero-order chi connectivity index (χ0) is 14.2. The number of rotatable bonds is 9. The summed E-state index contributed by atoms with van der Waals surface area (Å²) in [6.45, 7) is 1.82. The van der Waals surface area contributed by atoms with Gasteiger partial charge in [-0.05, 0) is 30.5 Å². The van der Waals surface area contributed by atoms with Gasteiger partial charge in [-0.25, -0.2) is 0 Å². The Morgan fingerprint density at radius 3 is 2.95 bits per heavy atom. The van der Waals surface area contributed by atoms with E-state index in [1.54, 1.807) is 7.11 Å². The van der Waals surface area contributed by atoms with Crippen LogP contribution in [0.3, 0.4) is 0 Å². The maximum Gasteiger partial charge on any atom is 0.250 e. The zero-order valence-corrected chi connectivity index (χ0v) is 11.9. The first kappa shape index (κ1) is 15.0. The number of methoxy groups -OCH3 is 1. The predicted octanol–water partition coefficient (Wildman–Crippen LogP) is 1.54. The minimum atomic E-state index is -0.145. The van der Waals surface area contributed by atoms with Crippen molar-refractivity contribution in [2.45, 2.75) is 25.4 Å². The van der Waals surface area contributed by atoms with Gasteiger partial charge in [0.15, 0.2) is 0 Å². The summed E-state index contributed by atoms with van der Waals surface area (Å²) in [6.07, 6.45) is 2.55. The monoisotopic (exact) mass is 278 g/mol. The van der Waals surface area contributed by atoms with Crippen LogP contribution >= 0.6 is 0 Å². The summed E-state index contributed by atoms with van der Waals surface area (Å²) in [5.41, 5.74) is 1.98. The average molecular weight is 278 g/mol. The Morgan fingerprint density at radius 2 is 2.20 bits per heavy atom. The number of hydrogen-bond acceptors (Lipinski definition) is 4. The maximum absolute atomic E-state index is 11.7. The Labute approximate surface area is 119 Å². The van der Waals surface area contributed by atoms with Gasteiger partial charge in [-0.15, -0.1) is 0 Å². The Kier molecular flexibility index (Phi) is 5.98. The van der Waals surface area contributed by atoms with E-state index >= 15 is 0 Å². The fourth-order valence-corrected chi connectivity index (χ4v) is 1.81. The molecule has 1 aliphatic rings. The molecule has 0 aromatic heterocycles. The third kappa shape index (κ3) is 5.69. The third-order valence-electron chi connectivity index (χ3n) is 3.05. The molecule has 1 amide bonds. The second kappa shape index (κ2) is 7.99. The molecule has 0 radical (unpaired) electrons. The number of ether oxygens (including phenoxy) is 2. The van der Waals surface area contributed by atoms with E-state index in [9.17, 15) is 4.79 Å². The van der Waals surface area contributed by atoms with Gasteiger partial charge in [0.05, 0.1) is 13.2 Å². The van der Waals surface area contributed by atoms with Crippen LogP contribution in [0.25, 0.3) is 0 Å². The lowest BCUT2D eigenvalue weighted by Gasteiger charge is -2.08. The molecule has 1 aromatic carbocycles. The number of carbonyl (C=O) groups excluding carboxylic acids is 1. The lowest BCUT2D eigenvalue weighted by Crippen LogP contribution is -2.20. The molecule has 1 aromatic rings. The largest absolute Gasteiger partial charge is 0.382 e. The molecule has 0 aliphatic heterocycles. The van der Waals surface area contributed by atoms with Crippen molar-refractivity contribution in [1.29, 1.82) is 0 Å². The lowest BCUT2D eigenvalue weighted by molar-refractivity contribution is -0.121. The third-order valence-corrected chi connectivity index (χ3v) is 3.05. The fraction of sp³-hybridized carbons (Fsp3) is 0.533. The van der Waals surface area contributed by atoms with Gasteiger partial charge in [0.25, 0.3) is 0 Å². The van der Waals surface area contributed by atoms with E-state index in [-0.39, 0.29) is 12.5 Å². The van der Waals surface area contributed by atoms with Crippen LogP contribution in [0.15, 0.2) is 24.3 Å². The molecule has 2 rings (SSSR count). The topological polar surface area (TPSA) is 59.6 Å². The van der Waals surface area contributed by atoms with Crippen molar-refractivity contribution in [3.8, 4) is 0 Å². The second-order valence-electron chi connectivity index (χ2n) is 4.95. The normalized spacial score (nSPS) is 14.2. The number of carbonyl (C=O) groups is 1. The summed E-state index contributed by atoms with van der Waals surface area (Å²) < 4.78 is 10.0. The molecule has 2 N–H and O–H groups in total. The number of benzene rings is 1. The summed E-state index contributed by atoms with van der Waals surface area (Å²) in [5, 5.41) is 6.28. The van der Waals surface area contributed by atoms with E-state index in [0.717, 1.165) is 12.2 Å². The molecular formula is C15H22N2O3. The van der Waals surface area contributed by atoms with Gasteiger partial charge >= 0.3 is 0 Å². The molecule has 0 heterocycles. The molecule has 1 fully saturated rings. The Hall–Kier alpha value is -1.43. The van der Waals surface area contributed by atoms with Crippen LogP contribution in [-0.2, 0) is 20.8 Å². The molecule has 1 saturated carbocycles. The zero-order valence-electron chi connectivity index (χ0n) is 11.9. The molecule has 0 spiro atoms. The highest BCUT2D eigenvalue weighted by Gasteiger charge is 2.19. The van der Waals surface area contributed by atoms with Crippen LogP contribution in [0.5, 0.6) is 0 Å². The highest BCUT2D eigenvalue weighted by atomic mass is 16.5. The summed E-state index contributed by atoms with van der Waals surface area (Å²) in [5.74, 6) is -0.145. The van der Waals surface area contributed by atoms with E-state index in [4.69, 9.17) is 9.47 Å². The summed E-state index contributed by atoms with van der Waals surface area (Å²) in [4.78, 5) is 11.7. The number of hydrogen-bond donors (Lipinski definition) is 2. The first-order valence-electron chi connectivity index (χ1n) is 6.97. The number of amides is 1. The van der Waals surface area contributed by atoms with Gasteiger partial charge in [0.2, 0.25) is 5.91 Å². The molecular weight excluding hydrogens is 256 g/mol. The highest BCUT2D eigenvalue weighted by Crippen LogP contribution is 2.19. The molecule has 1 aliphatic carbocycles. The quantitative estimate of drug-likeness (QED) is 0.673. The summed E-state index contributed by atoms with van der Waals surface area (Å²) in [7, 11) is 1.60. The van der Waals surface area contributed by atoms with Crippen molar-refractivity contribution >= 4 is 11.6 Å². The molecule has 0 atom stereocenters. The lowest BCUT2D eigenvalue weighted by atomic mass is 10.2. The standard InChI is InChI=1S/C15H22N2O3/c1-19-7-8-20-11-15(18)17-14-4-2-3-12(9-14)10-16-13-5-6-13/h2-4,9,13,16H,5-8,10-11H2,1H3,(H,17,18). The minimum Gasteiger partial charge on any atom is -0.382 e. The van der Waals surface area contributed by atoms with Crippen LogP contribution in [0.1, 0.15) is 18.4 Å². The van der Waals surface area contributed by atoms with Crippen molar-refractivity contribution in [1.82, 2.24) is 5.32 Å². The van der Waals surface area contributed by atoms with E-state index in [2.05, 4.69) is 16.7 Å². The van der Waals surface area contributed by atoms with Gasteiger partial charge < -0.3 is 20.1 Å². The van der Waals surface area contributed by atoms with Crippen molar-refractivity contribution in [2.24, 2.45) is 0 Å². The number of anilines is 1. The van der Waals surface area contributed by atoms with E-state index in [1.165, 1.54) is 18.4 Å². The van der Waals surface area contributed by atoms with Gasteiger partial charge in [0.1, 0.15) is 6.61 Å². The van der Waals surface area contributed by atoms with Crippen molar-refractivity contribution < 1.29 is 14.3 Å². The van der Waals surface area contributed by atoms with Crippen LogP contribution in [-0.4, -0.2) is 38.9 Å². The van der Waals surface area contributed by atoms with E-state index in [1.807, 2.05) is 18.2 Å². The fourth-order valence-electron chi connectivity index (χ4n) is 1.81. The second-order valence-corrected chi connectivity index (χ2v) is 4.95. The van der Waals surface area contributed by atoms with Crippen LogP contribution < -0.4 is 10.6 Å². The first-order chi connectivity index (χ1) is 9.78. The smallest absolute Gasteiger partial charge is 0.250 e. The Bertz CT molecular complexity index is 433. The molecule has 110 valence electrons. The van der Waals surface area contributed by atoms with Crippen LogP contribution in [0, 0.1) is 0 Å². The molecule has 0 unspecified atom stereocenters. The SMILES string of the molecule is COCCOCC(=O)Nc1cccc(CNC2CC2)c1.